The van der Waals surface area contributed by atoms with E-state index in [1.54, 1.807) is 0 Å². The van der Waals surface area contributed by atoms with Crippen molar-refractivity contribution >= 4 is 11.7 Å². The maximum atomic E-state index is 10.5. The van der Waals surface area contributed by atoms with Gasteiger partial charge in [-0.15, -0.1) is 0 Å². The minimum absolute atomic E-state index is 0. The average molecular weight is 301 g/mol. The summed E-state index contributed by atoms with van der Waals surface area (Å²) in [5, 5.41) is 10.5. The van der Waals surface area contributed by atoms with E-state index in [0.717, 1.165) is 13.1 Å². The van der Waals surface area contributed by atoms with Crippen LogP contribution in [0.4, 0.5) is 5.69 Å². The van der Waals surface area contributed by atoms with Gasteiger partial charge in [0.25, 0.3) is 0 Å². The van der Waals surface area contributed by atoms with Gasteiger partial charge in [0.2, 0.25) is 0 Å². The normalized spacial score (nSPS) is 10.8. The zero-order valence-electron chi connectivity index (χ0n) is 13.4. The molecule has 0 aromatic heterocycles. The number of carbonyl (C=O) groups is 1. The Balaban J connectivity index is 0.00000361. The molecule has 3 nitrogen and oxygen atoms in total. The Labute approximate surface area is 165 Å². The molecule has 0 unspecified atom stereocenters. The van der Waals surface area contributed by atoms with Crippen LogP contribution in [0.2, 0.25) is 0 Å². The number of carboxylic acids is 1. The molecule has 0 radical (unpaired) electrons. The molecule has 0 amide bonds. The van der Waals surface area contributed by atoms with E-state index in [2.05, 4.69) is 50.8 Å². The Hall–Kier alpha value is 0.126. The molecule has 0 aliphatic rings. The van der Waals surface area contributed by atoms with Crippen LogP contribution in [0.1, 0.15) is 46.1 Å². The van der Waals surface area contributed by atoms with Gasteiger partial charge < -0.3 is 14.8 Å². The summed E-state index contributed by atoms with van der Waals surface area (Å²) in [6.07, 6.45) is 0.739. The van der Waals surface area contributed by atoms with Crippen molar-refractivity contribution in [3.63, 3.8) is 0 Å². The zero-order chi connectivity index (χ0) is 14.5. The number of carboxylic acid groups (broad SMARTS) is 1. The Morgan fingerprint density at radius 1 is 1.25 bits per heavy atom. The molecule has 106 valence electrons. The van der Waals surface area contributed by atoms with Crippen molar-refractivity contribution in [2.75, 3.05) is 18.0 Å². The summed E-state index contributed by atoms with van der Waals surface area (Å²) >= 11 is 0. The van der Waals surface area contributed by atoms with Crippen molar-refractivity contribution < 1.29 is 61.3 Å². The van der Waals surface area contributed by atoms with E-state index in [9.17, 15) is 9.90 Å². The second-order valence-electron chi connectivity index (χ2n) is 5.82. The molecule has 0 aliphatic heterocycles. The number of hydrogen-bond donors (Lipinski definition) is 0. The van der Waals surface area contributed by atoms with Crippen molar-refractivity contribution in [2.45, 2.75) is 46.0 Å². The van der Waals surface area contributed by atoms with E-state index in [0.29, 0.717) is 6.42 Å². The number of rotatable bonds is 6. The third-order valence-corrected chi connectivity index (χ3v) is 3.24. The maximum absolute atomic E-state index is 10.5. The number of anilines is 1. The SMILES string of the molecule is CCN(CCCC(=O)[O-])c1ccccc1C(C)(C)C.[K+]. The third-order valence-electron chi connectivity index (χ3n) is 3.24. The average Bonchev–Trinajstić information content (AvgIpc) is 2.33. The van der Waals surface area contributed by atoms with Crippen LogP contribution in [0, 0.1) is 0 Å². The van der Waals surface area contributed by atoms with Gasteiger partial charge >= 0.3 is 51.4 Å². The molecule has 0 N–H and O–H groups in total. The predicted octanol–water partition coefficient (Wildman–Crippen LogP) is -0.655. The van der Waals surface area contributed by atoms with E-state index in [-0.39, 0.29) is 63.2 Å². The summed E-state index contributed by atoms with van der Waals surface area (Å²) in [6.45, 7) is 10.3. The van der Waals surface area contributed by atoms with Gasteiger partial charge in [-0.2, -0.15) is 0 Å². The Morgan fingerprint density at radius 3 is 2.35 bits per heavy atom. The van der Waals surface area contributed by atoms with Gasteiger partial charge in [0.05, 0.1) is 0 Å². The van der Waals surface area contributed by atoms with E-state index in [1.165, 1.54) is 11.3 Å². The van der Waals surface area contributed by atoms with Gasteiger partial charge in [0.15, 0.2) is 0 Å². The maximum Gasteiger partial charge on any atom is 1.00 e. The summed E-state index contributed by atoms with van der Waals surface area (Å²) in [7, 11) is 0. The van der Waals surface area contributed by atoms with Gasteiger partial charge in [-0.1, -0.05) is 39.0 Å². The van der Waals surface area contributed by atoms with Crippen LogP contribution in [0.3, 0.4) is 0 Å². The molecule has 4 heteroatoms. The second-order valence-corrected chi connectivity index (χ2v) is 5.82. The van der Waals surface area contributed by atoms with E-state index < -0.39 is 5.97 Å². The number of para-hydroxylation sites is 1. The minimum atomic E-state index is -0.972. The van der Waals surface area contributed by atoms with Crippen LogP contribution in [-0.2, 0) is 10.2 Å². The largest absolute Gasteiger partial charge is 1.00 e. The quantitative estimate of drug-likeness (QED) is 0.656. The summed E-state index contributed by atoms with van der Waals surface area (Å²) in [6, 6.07) is 8.35. The van der Waals surface area contributed by atoms with E-state index in [1.807, 2.05) is 6.07 Å². The second kappa shape index (κ2) is 9.21. The fourth-order valence-electron chi connectivity index (χ4n) is 2.25. The topological polar surface area (TPSA) is 43.4 Å². The van der Waals surface area contributed by atoms with Gasteiger partial charge in [-0.05, 0) is 36.8 Å². The summed E-state index contributed by atoms with van der Waals surface area (Å²) in [5.74, 6) is -0.972. The van der Waals surface area contributed by atoms with Crippen LogP contribution in [0.15, 0.2) is 24.3 Å². The summed E-state index contributed by atoms with van der Waals surface area (Å²) in [5.41, 5.74) is 2.58. The van der Waals surface area contributed by atoms with Crippen LogP contribution in [0.5, 0.6) is 0 Å². The van der Waals surface area contributed by atoms with E-state index >= 15 is 0 Å². The molecule has 0 atom stereocenters. The standard InChI is InChI=1S/C16H25NO2.K/c1-5-17(12-8-11-15(18)19)14-10-7-6-9-13(14)16(2,3)4;/h6-7,9-10H,5,8,11-12H2,1-4H3,(H,18,19);/q;+1/p-1. The number of nitrogens with zero attached hydrogens (tertiary/aromatic N) is 1. The number of carbonyl (C=O) groups excluding carboxylic acids is 1. The Morgan fingerprint density at radius 2 is 1.85 bits per heavy atom. The molecular formula is C16H24KNO2. The fraction of sp³-hybridized carbons (Fsp3) is 0.562. The zero-order valence-corrected chi connectivity index (χ0v) is 16.5. The smallest absolute Gasteiger partial charge is 0.550 e. The van der Waals surface area contributed by atoms with Gasteiger partial charge in [0, 0.05) is 24.7 Å². The number of benzene rings is 1. The first-order chi connectivity index (χ1) is 8.86. The summed E-state index contributed by atoms with van der Waals surface area (Å²) < 4.78 is 0. The first kappa shape index (κ1) is 20.1. The van der Waals surface area contributed by atoms with Crippen LogP contribution in [-0.4, -0.2) is 19.1 Å². The van der Waals surface area contributed by atoms with Crippen molar-refractivity contribution in [3.05, 3.63) is 29.8 Å². The minimum Gasteiger partial charge on any atom is -0.550 e. The third kappa shape index (κ3) is 6.27. The summed E-state index contributed by atoms with van der Waals surface area (Å²) in [4.78, 5) is 12.7. The van der Waals surface area contributed by atoms with Crippen molar-refractivity contribution in [2.24, 2.45) is 0 Å². The molecule has 0 aliphatic carbocycles. The van der Waals surface area contributed by atoms with Gasteiger partial charge in [0.1, 0.15) is 0 Å². The molecule has 20 heavy (non-hydrogen) atoms. The Bertz CT molecular complexity index is 427. The van der Waals surface area contributed by atoms with Crippen molar-refractivity contribution in [1.29, 1.82) is 0 Å². The van der Waals surface area contributed by atoms with Crippen molar-refractivity contribution in [1.82, 2.24) is 0 Å². The molecular weight excluding hydrogens is 277 g/mol. The first-order valence-electron chi connectivity index (χ1n) is 6.90. The fourth-order valence-corrected chi connectivity index (χ4v) is 2.25. The first-order valence-corrected chi connectivity index (χ1v) is 6.90. The molecule has 0 saturated carbocycles. The molecule has 0 heterocycles. The predicted molar refractivity (Wildman–Crippen MR) is 77.3 cm³/mol. The van der Waals surface area contributed by atoms with Crippen LogP contribution < -0.4 is 61.4 Å². The number of hydrogen-bond acceptors (Lipinski definition) is 3. The van der Waals surface area contributed by atoms with Crippen LogP contribution >= 0.6 is 0 Å². The molecule has 1 aromatic carbocycles. The molecule has 0 saturated heterocycles. The molecule has 0 bridgehead atoms. The monoisotopic (exact) mass is 301 g/mol. The van der Waals surface area contributed by atoms with E-state index in [4.69, 9.17) is 0 Å². The molecule has 1 aromatic rings. The molecule has 0 spiro atoms. The van der Waals surface area contributed by atoms with Gasteiger partial charge in [-0.3, -0.25) is 0 Å². The van der Waals surface area contributed by atoms with Gasteiger partial charge in [-0.25, -0.2) is 0 Å². The molecule has 1 rings (SSSR count). The molecule has 0 fully saturated rings. The van der Waals surface area contributed by atoms with Crippen LogP contribution in [0.25, 0.3) is 0 Å². The van der Waals surface area contributed by atoms with Crippen molar-refractivity contribution in [3.8, 4) is 0 Å². The Kier molecular flexibility index (Phi) is 9.26. The number of aliphatic carboxylic acids is 1.